The van der Waals surface area contributed by atoms with Gasteiger partial charge in [-0.2, -0.15) is 13.2 Å². The number of nitrogens with one attached hydrogen (secondary N) is 1. The van der Waals surface area contributed by atoms with Crippen LogP contribution in [-0.4, -0.2) is 45.6 Å². The van der Waals surface area contributed by atoms with Gasteiger partial charge >= 0.3 is 17.6 Å². The van der Waals surface area contributed by atoms with Crippen molar-refractivity contribution in [2.45, 2.75) is 43.3 Å². The van der Waals surface area contributed by atoms with Gasteiger partial charge in [0.1, 0.15) is 5.54 Å². The van der Waals surface area contributed by atoms with E-state index in [1.54, 1.807) is 26.8 Å². The van der Waals surface area contributed by atoms with E-state index in [9.17, 15) is 27.6 Å². The van der Waals surface area contributed by atoms with Crippen molar-refractivity contribution in [1.29, 1.82) is 0 Å². The van der Waals surface area contributed by atoms with E-state index < -0.39 is 29.1 Å². The number of ether oxygens (including phenoxy) is 1. The molecule has 0 radical (unpaired) electrons. The van der Waals surface area contributed by atoms with Gasteiger partial charge in [0.05, 0.1) is 30.7 Å². The van der Waals surface area contributed by atoms with Crippen molar-refractivity contribution >= 4 is 41.2 Å². The molecular weight excluding hydrogens is 461 g/mol. The minimum absolute atomic E-state index is 0.0274. The number of thioether (sulfide) groups is 1. The van der Waals surface area contributed by atoms with Gasteiger partial charge < -0.3 is 9.64 Å². The van der Waals surface area contributed by atoms with Crippen LogP contribution in [0, 0.1) is 0 Å². The van der Waals surface area contributed by atoms with Crippen molar-refractivity contribution < 1.29 is 32.3 Å². The number of amides is 4. The number of nitrogens with zero attached hydrogens (tertiary/aromatic N) is 3. The number of urea groups is 1. The number of hydrogen-bond donors (Lipinski definition) is 1. The zero-order chi connectivity index (χ0) is 24.4. The molecule has 1 aromatic heterocycles. The highest BCUT2D eigenvalue weighted by Gasteiger charge is 2.51. The minimum atomic E-state index is -4.45. The van der Waals surface area contributed by atoms with Gasteiger partial charge in [0, 0.05) is 11.1 Å². The van der Waals surface area contributed by atoms with E-state index in [0.29, 0.717) is 11.3 Å². The average molecular weight is 482 g/mol. The van der Waals surface area contributed by atoms with E-state index in [0.717, 1.165) is 4.90 Å². The first-order valence-corrected chi connectivity index (χ1v) is 10.6. The SMILES string of the molecule is CCOC(=O)Nc1cnccc1CN1C(=O)N(c2ccc(SC(F)(F)F)cc2)C(=O)C1(C)C. The molecule has 2 heterocycles. The Balaban J connectivity index is 1.85. The highest BCUT2D eigenvalue weighted by Crippen LogP contribution is 2.39. The molecule has 0 unspecified atom stereocenters. The average Bonchev–Trinajstić information content (AvgIpc) is 2.88. The molecule has 176 valence electrons. The van der Waals surface area contributed by atoms with Gasteiger partial charge in [-0.1, -0.05) is 0 Å². The van der Waals surface area contributed by atoms with E-state index in [2.05, 4.69) is 10.3 Å². The molecule has 1 aliphatic rings. The summed E-state index contributed by atoms with van der Waals surface area (Å²) in [4.78, 5) is 44.3. The second-order valence-electron chi connectivity index (χ2n) is 7.49. The molecule has 8 nitrogen and oxygen atoms in total. The topological polar surface area (TPSA) is 91.8 Å². The Kier molecular flexibility index (Phi) is 6.86. The second-order valence-corrected chi connectivity index (χ2v) is 8.63. The quantitative estimate of drug-likeness (QED) is 0.460. The summed E-state index contributed by atoms with van der Waals surface area (Å²) in [5.41, 5.74) is -4.70. The largest absolute Gasteiger partial charge is 0.450 e. The van der Waals surface area contributed by atoms with Crippen LogP contribution in [0.3, 0.4) is 0 Å². The fourth-order valence-electron chi connectivity index (χ4n) is 3.25. The van der Waals surface area contributed by atoms with Gasteiger partial charge in [-0.25, -0.2) is 14.5 Å². The predicted octanol–water partition coefficient (Wildman–Crippen LogP) is 5.01. The third-order valence-electron chi connectivity index (χ3n) is 4.90. The molecule has 1 aliphatic heterocycles. The van der Waals surface area contributed by atoms with Gasteiger partial charge in [0.15, 0.2) is 0 Å². The number of halogens is 3. The normalized spacial score (nSPS) is 15.7. The summed E-state index contributed by atoms with van der Waals surface area (Å²) in [6.45, 7) is 4.94. The molecule has 33 heavy (non-hydrogen) atoms. The third-order valence-corrected chi connectivity index (χ3v) is 5.64. The van der Waals surface area contributed by atoms with Gasteiger partial charge in [0.2, 0.25) is 0 Å². The molecule has 0 spiro atoms. The van der Waals surface area contributed by atoms with Crippen LogP contribution in [-0.2, 0) is 16.1 Å². The van der Waals surface area contributed by atoms with E-state index >= 15 is 0 Å². The summed E-state index contributed by atoms with van der Waals surface area (Å²) in [5, 5.41) is 2.55. The van der Waals surface area contributed by atoms with Gasteiger partial charge in [-0.05, 0) is 68.4 Å². The monoisotopic (exact) mass is 482 g/mol. The summed E-state index contributed by atoms with van der Waals surface area (Å²) in [7, 11) is 0. The van der Waals surface area contributed by atoms with Crippen molar-refractivity contribution in [2.24, 2.45) is 0 Å². The molecule has 0 bridgehead atoms. The highest BCUT2D eigenvalue weighted by atomic mass is 32.2. The van der Waals surface area contributed by atoms with Crippen LogP contribution in [0.15, 0.2) is 47.6 Å². The third kappa shape index (κ3) is 5.38. The molecule has 0 atom stereocenters. The van der Waals surface area contributed by atoms with Gasteiger partial charge in [0.25, 0.3) is 5.91 Å². The number of carbonyl (C=O) groups excluding carboxylic acids is 3. The smallest absolute Gasteiger partial charge is 0.446 e. The maximum Gasteiger partial charge on any atom is 0.446 e. The molecule has 1 aromatic carbocycles. The van der Waals surface area contributed by atoms with E-state index in [4.69, 9.17) is 4.74 Å². The Morgan fingerprint density at radius 3 is 2.45 bits per heavy atom. The molecule has 0 saturated carbocycles. The van der Waals surface area contributed by atoms with Crippen LogP contribution >= 0.6 is 11.8 Å². The Morgan fingerprint density at radius 2 is 1.85 bits per heavy atom. The molecule has 3 rings (SSSR count). The Labute approximate surface area is 192 Å². The molecule has 1 saturated heterocycles. The number of benzene rings is 1. The van der Waals surface area contributed by atoms with Crippen molar-refractivity contribution in [3.05, 3.63) is 48.3 Å². The van der Waals surface area contributed by atoms with E-state index in [-0.39, 0.29) is 35.5 Å². The maximum atomic E-state index is 13.2. The van der Waals surface area contributed by atoms with Crippen molar-refractivity contribution in [2.75, 3.05) is 16.8 Å². The minimum Gasteiger partial charge on any atom is -0.450 e. The van der Waals surface area contributed by atoms with E-state index in [1.807, 2.05) is 0 Å². The lowest BCUT2D eigenvalue weighted by Crippen LogP contribution is -2.43. The summed E-state index contributed by atoms with van der Waals surface area (Å²) < 4.78 is 42.6. The standard InChI is InChI=1S/C21H21F3N4O4S/c1-4-32-18(30)26-16-11-25-10-9-13(16)12-27-19(31)28(17(29)20(27,2)3)14-5-7-15(8-6-14)33-21(22,23)24/h5-11H,4,12H2,1-3H3,(H,26,30). The zero-order valence-electron chi connectivity index (χ0n) is 18.0. The van der Waals surface area contributed by atoms with Crippen LogP contribution < -0.4 is 10.2 Å². The van der Waals surface area contributed by atoms with Crippen LogP contribution in [0.5, 0.6) is 0 Å². The fourth-order valence-corrected chi connectivity index (χ4v) is 3.79. The summed E-state index contributed by atoms with van der Waals surface area (Å²) in [6, 6.07) is 5.95. The number of anilines is 2. The Morgan fingerprint density at radius 1 is 1.18 bits per heavy atom. The van der Waals surface area contributed by atoms with Crippen LogP contribution in [0.1, 0.15) is 26.3 Å². The lowest BCUT2D eigenvalue weighted by atomic mass is 10.0. The first kappa shape index (κ1) is 24.4. The molecule has 1 N–H and O–H groups in total. The Hall–Kier alpha value is -3.28. The summed E-state index contributed by atoms with van der Waals surface area (Å²) in [6.07, 6.45) is 2.19. The maximum absolute atomic E-state index is 13.2. The number of rotatable bonds is 6. The lowest BCUT2D eigenvalue weighted by molar-refractivity contribution is -0.123. The number of imide groups is 1. The highest BCUT2D eigenvalue weighted by molar-refractivity contribution is 8.00. The Bertz CT molecular complexity index is 1060. The van der Waals surface area contributed by atoms with Crippen LogP contribution in [0.25, 0.3) is 0 Å². The molecule has 12 heteroatoms. The molecule has 1 fully saturated rings. The van der Waals surface area contributed by atoms with Gasteiger partial charge in [-0.15, -0.1) is 0 Å². The number of aromatic nitrogens is 1. The van der Waals surface area contributed by atoms with Crippen molar-refractivity contribution in [1.82, 2.24) is 9.88 Å². The zero-order valence-corrected chi connectivity index (χ0v) is 18.8. The number of pyridine rings is 1. The van der Waals surface area contributed by atoms with Crippen molar-refractivity contribution in [3.8, 4) is 0 Å². The molecule has 0 aliphatic carbocycles. The number of alkyl halides is 3. The number of hydrogen-bond acceptors (Lipinski definition) is 6. The summed E-state index contributed by atoms with van der Waals surface area (Å²) in [5.74, 6) is -0.530. The molecule has 2 aromatic rings. The predicted molar refractivity (Wildman–Crippen MR) is 116 cm³/mol. The van der Waals surface area contributed by atoms with Gasteiger partial charge in [-0.3, -0.25) is 15.1 Å². The van der Waals surface area contributed by atoms with Crippen LogP contribution in [0.4, 0.5) is 34.1 Å². The second kappa shape index (κ2) is 9.30. The summed E-state index contributed by atoms with van der Waals surface area (Å²) >= 11 is -0.284. The molecular formula is C21H21F3N4O4S. The lowest BCUT2D eigenvalue weighted by Gasteiger charge is -2.28. The first-order valence-electron chi connectivity index (χ1n) is 9.82. The van der Waals surface area contributed by atoms with Crippen molar-refractivity contribution in [3.63, 3.8) is 0 Å². The van der Waals surface area contributed by atoms with E-state index in [1.165, 1.54) is 41.6 Å². The number of carbonyl (C=O) groups is 3. The van der Waals surface area contributed by atoms with Crippen LogP contribution in [0.2, 0.25) is 0 Å². The molecule has 4 amide bonds. The first-order chi connectivity index (χ1) is 15.4. The fraction of sp³-hybridized carbons (Fsp3) is 0.333.